The number of aromatic nitrogens is 2. The van der Waals surface area contributed by atoms with Crippen LogP contribution in [0.5, 0.6) is 0 Å². The van der Waals surface area contributed by atoms with Crippen LogP contribution in [0.3, 0.4) is 0 Å². The van der Waals surface area contributed by atoms with Gasteiger partial charge in [-0.15, -0.1) is 0 Å². The van der Waals surface area contributed by atoms with Crippen molar-refractivity contribution in [2.75, 3.05) is 0 Å². The van der Waals surface area contributed by atoms with Crippen LogP contribution in [-0.2, 0) is 6.42 Å². The van der Waals surface area contributed by atoms with Gasteiger partial charge >= 0.3 is 0 Å². The van der Waals surface area contributed by atoms with Crippen LogP contribution in [0, 0.1) is 13.8 Å². The Morgan fingerprint density at radius 2 is 1.25 bits per heavy atom. The molecule has 3 heteroatoms. The largest absolute Gasteiger partial charge is 0.247 e. The number of benzene rings is 2. The molecule has 0 unspecified atom stereocenters. The van der Waals surface area contributed by atoms with E-state index in [1.54, 1.807) is 0 Å². The molecule has 3 nitrogen and oxygen atoms in total. The summed E-state index contributed by atoms with van der Waals surface area (Å²) in [5.41, 5.74) is 7.48. The number of hydrogen-bond donors (Lipinski definition) is 0. The summed E-state index contributed by atoms with van der Waals surface area (Å²) >= 11 is 0. The van der Waals surface area contributed by atoms with E-state index in [0.717, 1.165) is 46.9 Å². The van der Waals surface area contributed by atoms with Crippen molar-refractivity contribution in [3.63, 3.8) is 0 Å². The molecule has 0 bridgehead atoms. The fourth-order valence-corrected chi connectivity index (χ4v) is 2.91. The SMILES string of the molecule is Cc1ccc(-c2nc3c(nc2-c2ccc(C)cc2)N=CCC3)cc1. The zero-order chi connectivity index (χ0) is 16.5. The molecule has 0 amide bonds. The van der Waals surface area contributed by atoms with E-state index in [1.165, 1.54) is 11.1 Å². The first-order valence-corrected chi connectivity index (χ1v) is 8.28. The van der Waals surface area contributed by atoms with Gasteiger partial charge in [-0.25, -0.2) is 15.0 Å². The Bertz CT molecular complexity index is 907. The molecule has 24 heavy (non-hydrogen) atoms. The smallest absolute Gasteiger partial charge is 0.174 e. The van der Waals surface area contributed by atoms with E-state index in [0.29, 0.717) is 0 Å². The zero-order valence-electron chi connectivity index (χ0n) is 14.0. The molecule has 4 rings (SSSR count). The van der Waals surface area contributed by atoms with Crippen molar-refractivity contribution >= 4 is 12.0 Å². The van der Waals surface area contributed by atoms with Gasteiger partial charge in [0.1, 0.15) is 0 Å². The maximum atomic E-state index is 4.94. The molecule has 0 aliphatic carbocycles. The van der Waals surface area contributed by atoms with Gasteiger partial charge in [-0.1, -0.05) is 59.7 Å². The van der Waals surface area contributed by atoms with Crippen LogP contribution in [0.25, 0.3) is 22.5 Å². The number of aliphatic imine (C=N–C) groups is 1. The summed E-state index contributed by atoms with van der Waals surface area (Å²) in [6.45, 7) is 4.19. The van der Waals surface area contributed by atoms with E-state index in [4.69, 9.17) is 9.97 Å². The van der Waals surface area contributed by atoms with Gasteiger partial charge in [0.2, 0.25) is 0 Å². The summed E-state index contributed by atoms with van der Waals surface area (Å²) in [6, 6.07) is 16.9. The van der Waals surface area contributed by atoms with E-state index in [9.17, 15) is 0 Å². The third-order valence-corrected chi connectivity index (χ3v) is 4.32. The third kappa shape index (κ3) is 2.73. The number of fused-ring (bicyclic) bond motifs is 1. The lowest BCUT2D eigenvalue weighted by molar-refractivity contribution is 0.937. The summed E-state index contributed by atoms with van der Waals surface area (Å²) in [4.78, 5) is 14.2. The fraction of sp³-hybridized carbons (Fsp3) is 0.190. The average Bonchev–Trinajstić information content (AvgIpc) is 2.62. The molecule has 1 aliphatic rings. The summed E-state index contributed by atoms with van der Waals surface area (Å²) in [5.74, 6) is 0.757. The number of aryl methyl sites for hydroxylation is 3. The van der Waals surface area contributed by atoms with Crippen molar-refractivity contribution in [2.24, 2.45) is 4.99 Å². The second-order valence-corrected chi connectivity index (χ2v) is 6.27. The van der Waals surface area contributed by atoms with Crippen molar-refractivity contribution in [1.82, 2.24) is 9.97 Å². The van der Waals surface area contributed by atoms with Crippen molar-refractivity contribution in [3.05, 3.63) is 65.4 Å². The minimum Gasteiger partial charge on any atom is -0.247 e. The summed E-state index contributed by atoms with van der Waals surface area (Å²) in [5, 5.41) is 0. The monoisotopic (exact) mass is 313 g/mol. The molecular weight excluding hydrogens is 294 g/mol. The second kappa shape index (κ2) is 6.00. The van der Waals surface area contributed by atoms with Gasteiger partial charge in [0, 0.05) is 17.3 Å². The Kier molecular flexibility index (Phi) is 3.69. The minimum absolute atomic E-state index is 0.757. The summed E-state index contributed by atoms with van der Waals surface area (Å²) < 4.78 is 0. The van der Waals surface area contributed by atoms with Gasteiger partial charge in [-0.3, -0.25) is 0 Å². The zero-order valence-corrected chi connectivity index (χ0v) is 14.0. The molecule has 2 aromatic carbocycles. The van der Waals surface area contributed by atoms with Crippen LogP contribution in [0.4, 0.5) is 5.82 Å². The highest BCUT2D eigenvalue weighted by Crippen LogP contribution is 2.33. The molecule has 3 aromatic rings. The molecule has 0 radical (unpaired) electrons. The van der Waals surface area contributed by atoms with Gasteiger partial charge in [0.25, 0.3) is 0 Å². The number of hydrogen-bond acceptors (Lipinski definition) is 3. The summed E-state index contributed by atoms with van der Waals surface area (Å²) in [6.07, 6.45) is 3.76. The molecular formula is C21H19N3. The topological polar surface area (TPSA) is 38.1 Å². The first-order valence-electron chi connectivity index (χ1n) is 8.28. The Morgan fingerprint density at radius 3 is 1.83 bits per heavy atom. The molecule has 0 atom stereocenters. The summed E-state index contributed by atoms with van der Waals surface area (Å²) in [7, 11) is 0. The molecule has 1 aliphatic heterocycles. The standard InChI is InChI=1S/C21H19N3/c1-14-5-9-16(10-6-14)19-20(17-11-7-15(2)8-12-17)24-21-18(23-19)4-3-13-22-21/h5-13H,3-4H2,1-2H3. The van der Waals surface area contributed by atoms with Crippen molar-refractivity contribution in [3.8, 4) is 22.5 Å². The van der Waals surface area contributed by atoms with E-state index in [-0.39, 0.29) is 0 Å². The van der Waals surface area contributed by atoms with Crippen molar-refractivity contribution in [2.45, 2.75) is 26.7 Å². The maximum absolute atomic E-state index is 4.94. The van der Waals surface area contributed by atoms with E-state index in [1.807, 2.05) is 6.21 Å². The molecule has 0 saturated heterocycles. The van der Waals surface area contributed by atoms with Crippen LogP contribution in [0.1, 0.15) is 23.2 Å². The highest BCUT2D eigenvalue weighted by atomic mass is 15.0. The highest BCUT2D eigenvalue weighted by molar-refractivity contribution is 5.80. The van der Waals surface area contributed by atoms with E-state index < -0.39 is 0 Å². The molecule has 0 fully saturated rings. The molecule has 1 aromatic heterocycles. The van der Waals surface area contributed by atoms with Gasteiger partial charge < -0.3 is 0 Å². The van der Waals surface area contributed by atoms with Gasteiger partial charge in [-0.2, -0.15) is 0 Å². The normalized spacial score (nSPS) is 12.9. The fourth-order valence-electron chi connectivity index (χ4n) is 2.91. The minimum atomic E-state index is 0.757. The Hall–Kier alpha value is -2.81. The van der Waals surface area contributed by atoms with Gasteiger partial charge in [-0.05, 0) is 26.7 Å². The lowest BCUT2D eigenvalue weighted by atomic mass is 10.0. The van der Waals surface area contributed by atoms with Gasteiger partial charge in [0.05, 0.1) is 17.1 Å². The van der Waals surface area contributed by atoms with Crippen molar-refractivity contribution < 1.29 is 0 Å². The molecule has 118 valence electrons. The lowest BCUT2D eigenvalue weighted by Gasteiger charge is -2.15. The van der Waals surface area contributed by atoms with Gasteiger partial charge in [0.15, 0.2) is 5.82 Å². The Balaban J connectivity index is 1.94. The first-order chi connectivity index (χ1) is 11.7. The predicted molar refractivity (Wildman–Crippen MR) is 98.9 cm³/mol. The van der Waals surface area contributed by atoms with Crippen LogP contribution >= 0.6 is 0 Å². The Morgan fingerprint density at radius 1 is 0.708 bits per heavy atom. The maximum Gasteiger partial charge on any atom is 0.174 e. The predicted octanol–water partition coefficient (Wildman–Crippen LogP) is 5.08. The third-order valence-electron chi connectivity index (χ3n) is 4.32. The Labute approximate surface area is 142 Å². The molecule has 2 heterocycles. The molecule has 0 saturated carbocycles. The van der Waals surface area contributed by atoms with Crippen LogP contribution < -0.4 is 0 Å². The highest BCUT2D eigenvalue weighted by Gasteiger charge is 2.17. The number of rotatable bonds is 2. The van der Waals surface area contributed by atoms with E-state index >= 15 is 0 Å². The average molecular weight is 313 g/mol. The quantitative estimate of drug-likeness (QED) is 0.662. The number of nitrogens with zero attached hydrogens (tertiary/aromatic N) is 3. The second-order valence-electron chi connectivity index (χ2n) is 6.27. The van der Waals surface area contributed by atoms with Crippen LogP contribution in [-0.4, -0.2) is 16.2 Å². The van der Waals surface area contributed by atoms with Crippen LogP contribution in [0.2, 0.25) is 0 Å². The molecule has 0 spiro atoms. The first kappa shape index (κ1) is 14.8. The van der Waals surface area contributed by atoms with Crippen LogP contribution in [0.15, 0.2) is 53.5 Å². The van der Waals surface area contributed by atoms with E-state index in [2.05, 4.69) is 67.4 Å². The molecule has 0 N–H and O–H groups in total. The lowest BCUT2D eigenvalue weighted by Crippen LogP contribution is -2.03. The van der Waals surface area contributed by atoms with Crippen molar-refractivity contribution in [1.29, 1.82) is 0 Å².